The zero-order valence-electron chi connectivity index (χ0n) is 20.4. The van der Waals surface area contributed by atoms with Crippen LogP contribution >= 0.6 is 0 Å². The summed E-state index contributed by atoms with van der Waals surface area (Å²) in [4.78, 5) is 25.9. The number of piperazine rings is 1. The Morgan fingerprint density at radius 2 is 1.78 bits per heavy atom. The van der Waals surface area contributed by atoms with E-state index in [-0.39, 0.29) is 11.4 Å². The van der Waals surface area contributed by atoms with Crippen molar-refractivity contribution >= 4 is 16.9 Å². The minimum atomic E-state index is -0.180. The van der Waals surface area contributed by atoms with Crippen LogP contribution in [0.5, 0.6) is 0 Å². The van der Waals surface area contributed by atoms with Crippen LogP contribution in [0.2, 0.25) is 0 Å². The van der Waals surface area contributed by atoms with Gasteiger partial charge in [-0.2, -0.15) is 5.10 Å². The molecule has 0 aromatic carbocycles. The van der Waals surface area contributed by atoms with Crippen LogP contribution in [0.1, 0.15) is 74.1 Å². The van der Waals surface area contributed by atoms with E-state index in [9.17, 15) is 4.79 Å². The second-order valence-corrected chi connectivity index (χ2v) is 11.1. The summed E-state index contributed by atoms with van der Waals surface area (Å²) in [5.74, 6) is 0.644. The molecule has 0 N–H and O–H groups in total. The second kappa shape index (κ2) is 8.10. The third-order valence-corrected chi connectivity index (χ3v) is 7.41. The van der Waals surface area contributed by atoms with Gasteiger partial charge < -0.3 is 9.80 Å². The van der Waals surface area contributed by atoms with Crippen LogP contribution in [0.3, 0.4) is 0 Å². The summed E-state index contributed by atoms with van der Waals surface area (Å²) in [5, 5.41) is 5.76. The van der Waals surface area contributed by atoms with E-state index in [4.69, 9.17) is 10.1 Å². The summed E-state index contributed by atoms with van der Waals surface area (Å²) >= 11 is 0. The maximum Gasteiger partial charge on any atom is 0.254 e. The fourth-order valence-corrected chi connectivity index (χ4v) is 5.43. The van der Waals surface area contributed by atoms with Gasteiger partial charge in [0.25, 0.3) is 5.91 Å². The highest BCUT2D eigenvalue weighted by Gasteiger charge is 2.33. The number of hydrogen-bond acceptors (Lipinski definition) is 5. The number of rotatable bonds is 3. The van der Waals surface area contributed by atoms with Crippen LogP contribution in [-0.4, -0.2) is 87.7 Å². The Labute approximate surface area is 191 Å². The summed E-state index contributed by atoms with van der Waals surface area (Å²) in [6, 6.07) is 2.71. The molecule has 3 fully saturated rings. The molecule has 2 aliphatic heterocycles. The molecule has 1 amide bonds. The van der Waals surface area contributed by atoms with Crippen LogP contribution < -0.4 is 0 Å². The topological polar surface area (TPSA) is 57.5 Å². The Kier molecular flexibility index (Phi) is 5.53. The number of likely N-dealkylation sites (N-methyl/N-ethyl adjacent to an activating group) is 1. The largest absolute Gasteiger partial charge is 0.336 e. The minimum absolute atomic E-state index is 0.149. The maximum absolute atomic E-state index is 13.8. The molecule has 0 bridgehead atoms. The van der Waals surface area contributed by atoms with Crippen LogP contribution in [-0.2, 0) is 5.54 Å². The summed E-state index contributed by atoms with van der Waals surface area (Å²) in [6.45, 7) is 14.3. The van der Waals surface area contributed by atoms with Gasteiger partial charge in [-0.3, -0.25) is 9.69 Å². The van der Waals surface area contributed by atoms with Crippen LogP contribution in [0.15, 0.2) is 6.07 Å². The number of amides is 1. The molecule has 4 heterocycles. The molecule has 0 radical (unpaired) electrons. The van der Waals surface area contributed by atoms with Crippen molar-refractivity contribution in [1.29, 1.82) is 0 Å². The number of nitrogens with zero attached hydrogens (tertiary/aromatic N) is 6. The maximum atomic E-state index is 13.8. The van der Waals surface area contributed by atoms with Gasteiger partial charge in [-0.1, -0.05) is 0 Å². The predicted octanol–water partition coefficient (Wildman–Crippen LogP) is 3.22. The number of carbonyl (C=O) groups is 1. The molecule has 1 atom stereocenters. The zero-order chi connectivity index (χ0) is 22.6. The van der Waals surface area contributed by atoms with Gasteiger partial charge in [0, 0.05) is 50.4 Å². The highest BCUT2D eigenvalue weighted by molar-refractivity contribution is 6.06. The number of fused-ring (bicyclic) bond motifs is 1. The summed E-state index contributed by atoms with van der Waals surface area (Å²) < 4.78 is 2.01. The first-order valence-electron chi connectivity index (χ1n) is 12.3. The Hall–Kier alpha value is -1.99. The quantitative estimate of drug-likeness (QED) is 0.736. The molecule has 2 saturated heterocycles. The number of carbonyl (C=O) groups excluding carboxylic acids is 1. The van der Waals surface area contributed by atoms with Gasteiger partial charge in [0.1, 0.15) is 0 Å². The van der Waals surface area contributed by atoms with E-state index in [2.05, 4.69) is 48.6 Å². The Balaban J connectivity index is 1.42. The average Bonchev–Trinajstić information content (AvgIpc) is 3.55. The lowest BCUT2D eigenvalue weighted by atomic mass is 10.0. The first kappa shape index (κ1) is 21.8. The molecule has 1 saturated carbocycles. The van der Waals surface area contributed by atoms with E-state index in [1.165, 1.54) is 32.2 Å². The van der Waals surface area contributed by atoms with Crippen molar-refractivity contribution in [3.05, 3.63) is 23.0 Å². The number of piperidine rings is 1. The van der Waals surface area contributed by atoms with Gasteiger partial charge in [-0.15, -0.1) is 0 Å². The van der Waals surface area contributed by atoms with Gasteiger partial charge >= 0.3 is 0 Å². The third-order valence-electron chi connectivity index (χ3n) is 7.41. The van der Waals surface area contributed by atoms with Crippen molar-refractivity contribution in [3.63, 3.8) is 0 Å². The van der Waals surface area contributed by atoms with Gasteiger partial charge in [-0.05, 0) is 73.0 Å². The van der Waals surface area contributed by atoms with Crippen molar-refractivity contribution in [2.75, 3.05) is 46.3 Å². The van der Waals surface area contributed by atoms with Crippen molar-refractivity contribution in [2.24, 2.45) is 0 Å². The first-order chi connectivity index (χ1) is 15.2. The predicted molar refractivity (Wildman–Crippen MR) is 127 cm³/mol. The molecular weight excluding hydrogens is 400 g/mol. The minimum Gasteiger partial charge on any atom is -0.336 e. The lowest BCUT2D eigenvalue weighted by Gasteiger charge is -2.42. The van der Waals surface area contributed by atoms with E-state index in [0.717, 1.165) is 60.7 Å². The lowest BCUT2D eigenvalue weighted by Crippen LogP contribution is -2.55. The Morgan fingerprint density at radius 1 is 1.06 bits per heavy atom. The molecule has 3 aliphatic rings. The molecule has 1 unspecified atom stereocenters. The van der Waals surface area contributed by atoms with Crippen molar-refractivity contribution in [1.82, 2.24) is 29.5 Å². The van der Waals surface area contributed by atoms with Crippen LogP contribution in [0.25, 0.3) is 11.0 Å². The average molecular weight is 439 g/mol. The van der Waals surface area contributed by atoms with E-state index in [1.807, 2.05) is 11.6 Å². The number of hydrogen-bond donors (Lipinski definition) is 0. The first-order valence-corrected chi connectivity index (χ1v) is 12.3. The fourth-order valence-electron chi connectivity index (χ4n) is 5.43. The third kappa shape index (κ3) is 4.05. The lowest BCUT2D eigenvalue weighted by molar-refractivity contribution is 0.0453. The Bertz CT molecular complexity index is 1010. The Morgan fingerprint density at radius 3 is 2.41 bits per heavy atom. The van der Waals surface area contributed by atoms with Gasteiger partial charge in [0.2, 0.25) is 0 Å². The monoisotopic (exact) mass is 438 g/mol. The van der Waals surface area contributed by atoms with Crippen LogP contribution in [0, 0.1) is 6.92 Å². The number of aryl methyl sites for hydroxylation is 1. The SMILES string of the molecule is Cc1nn(C(C)(C)C)c2nc(C3CC3)cc(C(=O)N3CCN(C4CCCN(C)C4)CC3)c12. The molecule has 5 rings (SSSR count). The molecule has 2 aromatic heterocycles. The number of likely N-dealkylation sites (tertiary alicyclic amines) is 1. The fraction of sp³-hybridized carbons (Fsp3) is 0.720. The molecule has 7 nitrogen and oxygen atoms in total. The number of pyridine rings is 1. The standard InChI is InChI=1S/C25H38N6O/c1-17-22-20(15-21(18-8-9-18)26-23(22)31(27-17)25(2,3)4)24(32)30-13-11-29(12-14-30)19-7-6-10-28(5)16-19/h15,18-19H,6-14,16H2,1-5H3. The van der Waals surface area contributed by atoms with Crippen molar-refractivity contribution in [2.45, 2.75) is 70.9 Å². The zero-order valence-corrected chi connectivity index (χ0v) is 20.4. The van der Waals surface area contributed by atoms with Crippen molar-refractivity contribution < 1.29 is 4.79 Å². The number of aromatic nitrogens is 3. The molecule has 1 aliphatic carbocycles. The van der Waals surface area contributed by atoms with Gasteiger partial charge in [0.05, 0.1) is 22.2 Å². The van der Waals surface area contributed by atoms with Crippen molar-refractivity contribution in [3.8, 4) is 0 Å². The summed E-state index contributed by atoms with van der Waals surface area (Å²) in [6.07, 6.45) is 4.89. The molecule has 2 aromatic rings. The van der Waals surface area contributed by atoms with E-state index < -0.39 is 0 Å². The summed E-state index contributed by atoms with van der Waals surface area (Å²) in [7, 11) is 2.22. The van der Waals surface area contributed by atoms with E-state index in [0.29, 0.717) is 12.0 Å². The molecule has 0 spiro atoms. The smallest absolute Gasteiger partial charge is 0.254 e. The highest BCUT2D eigenvalue weighted by atomic mass is 16.2. The van der Waals surface area contributed by atoms with E-state index in [1.54, 1.807) is 0 Å². The summed E-state index contributed by atoms with van der Waals surface area (Å²) in [5.41, 5.74) is 3.45. The molecule has 32 heavy (non-hydrogen) atoms. The van der Waals surface area contributed by atoms with Gasteiger partial charge in [0.15, 0.2) is 5.65 Å². The normalized spacial score (nSPS) is 23.8. The highest BCUT2D eigenvalue weighted by Crippen LogP contribution is 2.41. The van der Waals surface area contributed by atoms with Gasteiger partial charge in [-0.25, -0.2) is 9.67 Å². The van der Waals surface area contributed by atoms with Crippen LogP contribution in [0.4, 0.5) is 0 Å². The molecular formula is C25H38N6O. The molecule has 174 valence electrons. The second-order valence-electron chi connectivity index (χ2n) is 11.1. The van der Waals surface area contributed by atoms with E-state index >= 15 is 0 Å². The molecule has 7 heteroatoms.